The van der Waals surface area contributed by atoms with Crippen LogP contribution in [0.1, 0.15) is 25.3 Å². The molecule has 6 heteroatoms. The monoisotopic (exact) mass is 310 g/mol. The Kier molecular flexibility index (Phi) is 4.62. The fourth-order valence-electron chi connectivity index (χ4n) is 2.79. The molecule has 1 fully saturated rings. The number of nitrogens with one attached hydrogen (secondary N) is 2. The summed E-state index contributed by atoms with van der Waals surface area (Å²) in [5, 5.41) is 11.3. The maximum Gasteiger partial charge on any atom is 0.137 e. The Balaban J connectivity index is 1.86. The van der Waals surface area contributed by atoms with Gasteiger partial charge in [-0.2, -0.15) is 0 Å². The maximum atomic E-state index is 7.78. The van der Waals surface area contributed by atoms with E-state index < -0.39 is 0 Å². The Morgan fingerprint density at radius 1 is 1.22 bits per heavy atom. The van der Waals surface area contributed by atoms with Gasteiger partial charge in [0.25, 0.3) is 0 Å². The third kappa shape index (κ3) is 3.71. The normalized spacial score (nSPS) is 16.3. The molecule has 3 rings (SSSR count). The molecule has 2 aromatic heterocycles. The van der Waals surface area contributed by atoms with Crippen molar-refractivity contribution in [2.75, 3.05) is 25.5 Å². The van der Waals surface area contributed by atoms with Crippen LogP contribution in [0, 0.1) is 5.41 Å². The standard InChI is InChI=1S/C17H22N6/c1-12(18)13-7-14(9-19-8-13)16-10-20-11-21-17(16)22-15-3-5-23(2)6-4-15/h7-11,15,18H,3-6H2,1-2H3,(H,20,21,22). The number of pyridine rings is 1. The third-order valence-corrected chi connectivity index (χ3v) is 4.25. The van der Waals surface area contributed by atoms with Gasteiger partial charge in [0.2, 0.25) is 0 Å². The molecule has 6 nitrogen and oxygen atoms in total. The van der Waals surface area contributed by atoms with Crippen molar-refractivity contribution in [2.24, 2.45) is 0 Å². The Morgan fingerprint density at radius 3 is 2.74 bits per heavy atom. The zero-order valence-electron chi connectivity index (χ0n) is 13.6. The van der Waals surface area contributed by atoms with E-state index in [1.807, 2.05) is 12.3 Å². The van der Waals surface area contributed by atoms with E-state index in [2.05, 4.69) is 32.2 Å². The van der Waals surface area contributed by atoms with Crippen molar-refractivity contribution >= 4 is 11.5 Å². The van der Waals surface area contributed by atoms with Gasteiger partial charge in [0.1, 0.15) is 12.1 Å². The van der Waals surface area contributed by atoms with E-state index in [9.17, 15) is 0 Å². The van der Waals surface area contributed by atoms with Gasteiger partial charge >= 0.3 is 0 Å². The number of anilines is 1. The summed E-state index contributed by atoms with van der Waals surface area (Å²) in [6.45, 7) is 3.96. The zero-order valence-corrected chi connectivity index (χ0v) is 13.6. The largest absolute Gasteiger partial charge is 0.367 e. The molecule has 3 heterocycles. The van der Waals surface area contributed by atoms with Crippen molar-refractivity contribution in [1.82, 2.24) is 19.9 Å². The minimum absolute atomic E-state index is 0.431. The molecule has 2 N–H and O–H groups in total. The highest BCUT2D eigenvalue weighted by molar-refractivity contribution is 5.97. The molecule has 0 saturated carbocycles. The molecule has 1 saturated heterocycles. The highest BCUT2D eigenvalue weighted by Gasteiger charge is 2.18. The molecule has 23 heavy (non-hydrogen) atoms. The van der Waals surface area contributed by atoms with Gasteiger partial charge in [-0.05, 0) is 46.0 Å². The number of piperidine rings is 1. The number of hydrogen-bond donors (Lipinski definition) is 2. The van der Waals surface area contributed by atoms with Gasteiger partial charge in [-0.15, -0.1) is 0 Å². The fraction of sp³-hybridized carbons (Fsp3) is 0.412. The second-order valence-electron chi connectivity index (χ2n) is 6.09. The molecule has 0 bridgehead atoms. The molecule has 0 unspecified atom stereocenters. The molecule has 2 aromatic rings. The van der Waals surface area contributed by atoms with E-state index in [-0.39, 0.29) is 0 Å². The Hall–Kier alpha value is -2.34. The molecule has 0 radical (unpaired) electrons. The van der Waals surface area contributed by atoms with Crippen LogP contribution in [0.5, 0.6) is 0 Å². The summed E-state index contributed by atoms with van der Waals surface area (Å²) >= 11 is 0. The van der Waals surface area contributed by atoms with Crippen LogP contribution < -0.4 is 5.32 Å². The molecule has 120 valence electrons. The lowest BCUT2D eigenvalue weighted by atomic mass is 10.0. The molecule has 1 aliphatic rings. The van der Waals surface area contributed by atoms with Crippen molar-refractivity contribution in [1.29, 1.82) is 5.41 Å². The average Bonchev–Trinajstić information content (AvgIpc) is 2.57. The predicted molar refractivity (Wildman–Crippen MR) is 91.9 cm³/mol. The SMILES string of the molecule is CC(=N)c1cncc(-c2cncnc2NC2CCN(C)CC2)c1. The van der Waals surface area contributed by atoms with Gasteiger partial charge in [-0.1, -0.05) is 0 Å². The van der Waals surface area contributed by atoms with Crippen LogP contribution in [0.15, 0.2) is 31.0 Å². The molecule has 0 aromatic carbocycles. The smallest absolute Gasteiger partial charge is 0.137 e. The summed E-state index contributed by atoms with van der Waals surface area (Å²) in [7, 11) is 2.16. The van der Waals surface area contributed by atoms with Crippen molar-refractivity contribution < 1.29 is 0 Å². The highest BCUT2D eigenvalue weighted by atomic mass is 15.1. The molecule has 0 atom stereocenters. The van der Waals surface area contributed by atoms with Crippen LogP contribution in [-0.2, 0) is 0 Å². The minimum Gasteiger partial charge on any atom is -0.367 e. The van der Waals surface area contributed by atoms with Crippen molar-refractivity contribution in [2.45, 2.75) is 25.8 Å². The lowest BCUT2D eigenvalue weighted by Crippen LogP contribution is -2.37. The minimum atomic E-state index is 0.431. The number of aromatic nitrogens is 3. The van der Waals surface area contributed by atoms with Crippen LogP contribution in [0.4, 0.5) is 5.82 Å². The summed E-state index contributed by atoms with van der Waals surface area (Å²) in [5.41, 5.74) is 3.18. The zero-order chi connectivity index (χ0) is 16.2. The Bertz CT molecular complexity index is 691. The molecule has 0 spiro atoms. The summed E-state index contributed by atoms with van der Waals surface area (Å²) in [4.78, 5) is 15.2. The molecular weight excluding hydrogens is 288 g/mol. The first-order valence-corrected chi connectivity index (χ1v) is 7.89. The van der Waals surface area contributed by atoms with E-state index in [1.54, 1.807) is 25.6 Å². The van der Waals surface area contributed by atoms with Crippen LogP contribution >= 0.6 is 0 Å². The highest BCUT2D eigenvalue weighted by Crippen LogP contribution is 2.27. The number of rotatable bonds is 4. The topological polar surface area (TPSA) is 77.8 Å². The first-order chi connectivity index (χ1) is 11.1. The lowest BCUT2D eigenvalue weighted by Gasteiger charge is -2.30. The molecule has 0 amide bonds. The Labute approximate surface area is 136 Å². The van der Waals surface area contributed by atoms with E-state index in [4.69, 9.17) is 5.41 Å². The summed E-state index contributed by atoms with van der Waals surface area (Å²) < 4.78 is 0. The van der Waals surface area contributed by atoms with Gasteiger partial charge in [0, 0.05) is 47.0 Å². The van der Waals surface area contributed by atoms with Gasteiger partial charge < -0.3 is 15.6 Å². The Morgan fingerprint density at radius 2 is 2.00 bits per heavy atom. The molecule has 0 aliphatic carbocycles. The number of nitrogens with zero attached hydrogens (tertiary/aromatic N) is 4. The lowest BCUT2D eigenvalue weighted by molar-refractivity contribution is 0.263. The fourth-order valence-corrected chi connectivity index (χ4v) is 2.79. The van der Waals surface area contributed by atoms with Gasteiger partial charge in [0.05, 0.1) is 0 Å². The van der Waals surface area contributed by atoms with Crippen molar-refractivity contribution in [3.8, 4) is 11.1 Å². The average molecular weight is 310 g/mol. The summed E-state index contributed by atoms with van der Waals surface area (Å²) in [6.07, 6.45) is 9.10. The first-order valence-electron chi connectivity index (χ1n) is 7.89. The van der Waals surface area contributed by atoms with E-state index in [1.165, 1.54) is 0 Å². The second-order valence-corrected chi connectivity index (χ2v) is 6.09. The maximum absolute atomic E-state index is 7.78. The van der Waals surface area contributed by atoms with Crippen molar-refractivity contribution in [3.63, 3.8) is 0 Å². The summed E-state index contributed by atoms with van der Waals surface area (Å²) in [6, 6.07) is 2.40. The van der Waals surface area contributed by atoms with Crippen LogP contribution in [0.3, 0.4) is 0 Å². The van der Waals surface area contributed by atoms with E-state index in [0.29, 0.717) is 11.8 Å². The van der Waals surface area contributed by atoms with Gasteiger partial charge in [-0.25, -0.2) is 9.97 Å². The van der Waals surface area contributed by atoms with E-state index in [0.717, 1.165) is 48.4 Å². The van der Waals surface area contributed by atoms with Crippen LogP contribution in [0.25, 0.3) is 11.1 Å². The van der Waals surface area contributed by atoms with Crippen LogP contribution in [0.2, 0.25) is 0 Å². The number of likely N-dealkylation sites (tertiary alicyclic amines) is 1. The molecular formula is C17H22N6. The van der Waals surface area contributed by atoms with E-state index >= 15 is 0 Å². The molecule has 1 aliphatic heterocycles. The second kappa shape index (κ2) is 6.83. The number of hydrogen-bond acceptors (Lipinski definition) is 6. The summed E-state index contributed by atoms with van der Waals surface area (Å²) in [5.74, 6) is 0.844. The van der Waals surface area contributed by atoms with Crippen molar-refractivity contribution in [3.05, 3.63) is 36.5 Å². The predicted octanol–water partition coefficient (Wildman–Crippen LogP) is 2.43. The van der Waals surface area contributed by atoms with Gasteiger partial charge in [0.15, 0.2) is 0 Å². The van der Waals surface area contributed by atoms with Crippen LogP contribution in [-0.4, -0.2) is 51.7 Å². The van der Waals surface area contributed by atoms with Gasteiger partial charge in [-0.3, -0.25) is 4.98 Å². The first kappa shape index (κ1) is 15.6. The quantitative estimate of drug-likeness (QED) is 0.848. The third-order valence-electron chi connectivity index (χ3n) is 4.25.